The summed E-state index contributed by atoms with van der Waals surface area (Å²) in [6.07, 6.45) is 3.68. The summed E-state index contributed by atoms with van der Waals surface area (Å²) < 4.78 is 1.48. The van der Waals surface area contributed by atoms with E-state index in [0.717, 1.165) is 17.2 Å². The second-order valence-corrected chi connectivity index (χ2v) is 5.75. The van der Waals surface area contributed by atoms with E-state index >= 15 is 0 Å². The Morgan fingerprint density at radius 2 is 1.96 bits per heavy atom. The Kier molecular flexibility index (Phi) is 4.66. The number of aromatic nitrogens is 4. The number of benzene rings is 1. The normalized spacial score (nSPS) is 11.5. The highest BCUT2D eigenvalue weighted by Gasteiger charge is 2.17. The molecule has 0 unspecified atom stereocenters. The lowest BCUT2D eigenvalue weighted by atomic mass is 10.1. The summed E-state index contributed by atoms with van der Waals surface area (Å²) >= 11 is 0. The van der Waals surface area contributed by atoms with Gasteiger partial charge in [-0.1, -0.05) is 29.8 Å². The zero-order chi connectivity index (χ0) is 18.7. The van der Waals surface area contributed by atoms with Crippen molar-refractivity contribution >= 4 is 17.5 Å². The van der Waals surface area contributed by atoms with Crippen LogP contribution in [0.4, 0.5) is 0 Å². The Labute approximate surface area is 148 Å². The van der Waals surface area contributed by atoms with Gasteiger partial charge in [0.15, 0.2) is 11.5 Å². The number of carboxylic acids is 1. The summed E-state index contributed by atoms with van der Waals surface area (Å²) in [4.78, 5) is 27.6. The fourth-order valence-corrected chi connectivity index (χ4v) is 2.45. The lowest BCUT2D eigenvalue weighted by molar-refractivity contribution is 0.0685. The van der Waals surface area contributed by atoms with Gasteiger partial charge in [-0.3, -0.25) is 9.89 Å². The lowest BCUT2D eigenvalue weighted by Gasteiger charge is -2.06. The maximum atomic E-state index is 12.3. The molecule has 132 valence electrons. The molecule has 0 bridgehead atoms. The van der Waals surface area contributed by atoms with Gasteiger partial charge in [-0.05, 0) is 18.6 Å². The second kappa shape index (κ2) is 7.06. The number of aromatic carboxylic acids is 1. The predicted molar refractivity (Wildman–Crippen MR) is 93.0 cm³/mol. The van der Waals surface area contributed by atoms with Crippen LogP contribution in [0, 0.1) is 6.92 Å². The van der Waals surface area contributed by atoms with E-state index in [0.29, 0.717) is 6.54 Å². The average molecular weight is 352 g/mol. The molecule has 0 radical (unpaired) electrons. The number of rotatable bonds is 6. The van der Waals surface area contributed by atoms with Crippen LogP contribution in [-0.4, -0.2) is 41.7 Å². The summed E-state index contributed by atoms with van der Waals surface area (Å²) in [5.41, 5.74) is 2.14. The average Bonchev–Trinajstić information content (AvgIpc) is 3.26. The van der Waals surface area contributed by atoms with Crippen LogP contribution in [-0.2, 0) is 6.54 Å². The van der Waals surface area contributed by atoms with Crippen LogP contribution in [0.15, 0.2) is 48.9 Å². The van der Waals surface area contributed by atoms with E-state index in [2.05, 4.69) is 15.2 Å². The van der Waals surface area contributed by atoms with Crippen molar-refractivity contribution in [3.8, 4) is 0 Å². The Morgan fingerprint density at radius 1 is 1.23 bits per heavy atom. The molecule has 1 aromatic carbocycles. The Hall–Kier alpha value is -3.68. The number of hydrogen-bond donors (Lipinski definition) is 3. The van der Waals surface area contributed by atoms with Gasteiger partial charge in [0.05, 0.1) is 0 Å². The minimum Gasteiger partial charge on any atom is -0.504 e. The SMILES string of the molecule is Cc1ccc(Cn2cc(C(=O)C=C(O)c3nc[nH]n3)cc2C(=O)O)cc1. The molecule has 26 heavy (non-hydrogen) atoms. The van der Waals surface area contributed by atoms with Gasteiger partial charge in [-0.15, -0.1) is 0 Å². The van der Waals surface area contributed by atoms with Crippen molar-refractivity contribution in [3.63, 3.8) is 0 Å². The van der Waals surface area contributed by atoms with Crippen LogP contribution < -0.4 is 0 Å². The number of aromatic amines is 1. The first kappa shape index (κ1) is 17.2. The van der Waals surface area contributed by atoms with Crippen molar-refractivity contribution in [1.29, 1.82) is 0 Å². The second-order valence-electron chi connectivity index (χ2n) is 5.75. The molecule has 0 saturated carbocycles. The highest BCUT2D eigenvalue weighted by atomic mass is 16.4. The molecule has 0 fully saturated rings. The first-order chi connectivity index (χ1) is 12.4. The molecule has 3 N–H and O–H groups in total. The van der Waals surface area contributed by atoms with Gasteiger partial charge in [-0.2, -0.15) is 5.10 Å². The van der Waals surface area contributed by atoms with Gasteiger partial charge in [0.1, 0.15) is 12.0 Å². The first-order valence-corrected chi connectivity index (χ1v) is 7.74. The first-order valence-electron chi connectivity index (χ1n) is 7.74. The van der Waals surface area contributed by atoms with E-state index < -0.39 is 17.5 Å². The van der Waals surface area contributed by atoms with Crippen molar-refractivity contribution < 1.29 is 19.8 Å². The third kappa shape index (κ3) is 3.69. The van der Waals surface area contributed by atoms with Crippen molar-refractivity contribution in [1.82, 2.24) is 19.7 Å². The van der Waals surface area contributed by atoms with Crippen molar-refractivity contribution in [2.45, 2.75) is 13.5 Å². The van der Waals surface area contributed by atoms with Gasteiger partial charge in [0.2, 0.25) is 5.82 Å². The van der Waals surface area contributed by atoms with Gasteiger partial charge in [-0.25, -0.2) is 9.78 Å². The molecule has 0 aliphatic rings. The number of carbonyl (C=O) groups is 2. The maximum Gasteiger partial charge on any atom is 0.352 e. The van der Waals surface area contributed by atoms with Crippen molar-refractivity contribution in [2.75, 3.05) is 0 Å². The standard InChI is InChI=1S/C18H16N4O4/c1-11-2-4-12(5-3-11)8-22-9-13(6-14(22)18(25)26)15(23)7-16(24)17-19-10-20-21-17/h2-7,9-10,24H,8H2,1H3,(H,25,26)(H,19,20,21). The molecule has 2 aromatic heterocycles. The summed E-state index contributed by atoms with van der Waals surface area (Å²) in [5, 5.41) is 25.4. The zero-order valence-corrected chi connectivity index (χ0v) is 13.9. The molecule has 0 saturated heterocycles. The van der Waals surface area contributed by atoms with E-state index in [4.69, 9.17) is 0 Å². The monoisotopic (exact) mass is 352 g/mol. The largest absolute Gasteiger partial charge is 0.504 e. The number of allylic oxidation sites excluding steroid dienone is 1. The smallest absolute Gasteiger partial charge is 0.352 e. The predicted octanol–water partition coefficient (Wildman–Crippen LogP) is 2.44. The topological polar surface area (TPSA) is 121 Å². The molecule has 0 aliphatic heterocycles. The Balaban J connectivity index is 1.89. The molecule has 0 amide bonds. The Morgan fingerprint density at radius 3 is 2.58 bits per heavy atom. The number of aliphatic hydroxyl groups is 1. The third-order valence-corrected chi connectivity index (χ3v) is 3.79. The molecular weight excluding hydrogens is 336 g/mol. The highest BCUT2D eigenvalue weighted by Crippen LogP contribution is 2.15. The van der Waals surface area contributed by atoms with Gasteiger partial charge >= 0.3 is 5.97 Å². The minimum atomic E-state index is -1.14. The summed E-state index contributed by atoms with van der Waals surface area (Å²) in [6.45, 7) is 2.28. The van der Waals surface area contributed by atoms with Crippen LogP contribution in [0.2, 0.25) is 0 Å². The van der Waals surface area contributed by atoms with Crippen LogP contribution in [0.25, 0.3) is 5.76 Å². The molecule has 3 rings (SSSR count). The molecular formula is C18H16N4O4. The zero-order valence-electron chi connectivity index (χ0n) is 13.9. The van der Waals surface area contributed by atoms with Crippen LogP contribution in [0.3, 0.4) is 0 Å². The number of carbonyl (C=O) groups excluding carboxylic acids is 1. The van der Waals surface area contributed by atoms with Crippen LogP contribution in [0.1, 0.15) is 37.8 Å². The fraction of sp³-hybridized carbons (Fsp3) is 0.111. The molecule has 0 spiro atoms. The maximum absolute atomic E-state index is 12.3. The summed E-state index contributed by atoms with van der Waals surface area (Å²) in [6, 6.07) is 8.95. The minimum absolute atomic E-state index is 0.0142. The van der Waals surface area contributed by atoms with Crippen molar-refractivity contribution in [2.24, 2.45) is 0 Å². The van der Waals surface area contributed by atoms with Gasteiger partial charge < -0.3 is 14.8 Å². The highest BCUT2D eigenvalue weighted by molar-refractivity contribution is 6.08. The number of carboxylic acid groups (broad SMARTS) is 1. The number of nitrogens with zero attached hydrogens (tertiary/aromatic N) is 3. The summed E-state index contributed by atoms with van der Waals surface area (Å²) in [5.74, 6) is -2.11. The number of H-pyrrole nitrogens is 1. The van der Waals surface area contributed by atoms with E-state index in [1.165, 1.54) is 23.2 Å². The fourth-order valence-electron chi connectivity index (χ4n) is 2.45. The summed E-state index contributed by atoms with van der Waals surface area (Å²) in [7, 11) is 0. The van der Waals surface area contributed by atoms with E-state index in [-0.39, 0.29) is 17.1 Å². The van der Waals surface area contributed by atoms with Gasteiger partial charge in [0.25, 0.3) is 0 Å². The lowest BCUT2D eigenvalue weighted by Crippen LogP contribution is -2.08. The number of ketones is 1. The van der Waals surface area contributed by atoms with Crippen LogP contribution >= 0.6 is 0 Å². The van der Waals surface area contributed by atoms with Gasteiger partial charge in [0, 0.05) is 24.4 Å². The number of nitrogens with one attached hydrogen (secondary N) is 1. The number of hydrogen-bond acceptors (Lipinski definition) is 5. The van der Waals surface area contributed by atoms with E-state index in [1.807, 2.05) is 31.2 Å². The molecule has 8 nitrogen and oxygen atoms in total. The molecule has 3 aromatic rings. The molecule has 8 heteroatoms. The number of aliphatic hydroxyl groups excluding tert-OH is 1. The third-order valence-electron chi connectivity index (χ3n) is 3.79. The molecule has 0 aliphatic carbocycles. The quantitative estimate of drug-likeness (QED) is 0.356. The van der Waals surface area contributed by atoms with E-state index in [1.54, 1.807) is 0 Å². The Bertz CT molecular complexity index is 969. The molecule has 2 heterocycles. The molecule has 0 atom stereocenters. The van der Waals surface area contributed by atoms with E-state index in [9.17, 15) is 19.8 Å². The van der Waals surface area contributed by atoms with Crippen molar-refractivity contribution in [3.05, 3.63) is 77.1 Å². The number of aryl methyl sites for hydroxylation is 1. The van der Waals surface area contributed by atoms with Crippen LogP contribution in [0.5, 0.6) is 0 Å².